The van der Waals surface area contributed by atoms with Gasteiger partial charge in [-0.1, -0.05) is 35.9 Å². The van der Waals surface area contributed by atoms with Crippen LogP contribution in [-0.4, -0.2) is 36.9 Å². The molecule has 8 nitrogen and oxygen atoms in total. The van der Waals surface area contributed by atoms with Gasteiger partial charge in [-0.3, -0.25) is 14.1 Å². The first-order chi connectivity index (χ1) is 18.4. The number of pyridine rings is 1. The average Bonchev–Trinajstić information content (AvgIpc) is 3.17. The molecule has 4 rings (SSSR count). The molecule has 2 N–H and O–H groups in total. The van der Waals surface area contributed by atoms with Gasteiger partial charge < -0.3 is 15.2 Å². The summed E-state index contributed by atoms with van der Waals surface area (Å²) in [5.74, 6) is -1.88. The van der Waals surface area contributed by atoms with Crippen molar-refractivity contribution in [3.63, 3.8) is 0 Å². The van der Waals surface area contributed by atoms with E-state index in [2.05, 4.69) is 10.3 Å². The standard InChI is InChI=1S/C28H27ClF2N4O4/c1-16-24(26(36)33-22-11-6-5-8-17(22)13-35(27(37)38)28(2,3)4)34-14-18(29)12-23(25(34)32-16)39-15-19-20(30)9-7-10-21(19)31/h5-12,14H,13,15H2,1-4H3,(H,33,36)(H,37,38). The second-order valence-corrected chi connectivity index (χ2v) is 10.3. The van der Waals surface area contributed by atoms with Gasteiger partial charge in [0.05, 0.1) is 22.8 Å². The van der Waals surface area contributed by atoms with Crippen molar-refractivity contribution in [2.45, 2.75) is 46.4 Å². The van der Waals surface area contributed by atoms with E-state index in [1.807, 2.05) is 0 Å². The fraction of sp³-hybridized carbons (Fsp3) is 0.250. The lowest BCUT2D eigenvalue weighted by Gasteiger charge is -2.33. The highest BCUT2D eigenvalue weighted by Crippen LogP contribution is 2.29. The van der Waals surface area contributed by atoms with E-state index >= 15 is 0 Å². The zero-order chi connectivity index (χ0) is 28.5. The van der Waals surface area contributed by atoms with E-state index in [4.69, 9.17) is 16.3 Å². The number of para-hydroxylation sites is 1. The van der Waals surface area contributed by atoms with Crippen LogP contribution in [0.5, 0.6) is 5.75 Å². The number of anilines is 1. The Bertz CT molecular complexity index is 1550. The van der Waals surface area contributed by atoms with Crippen LogP contribution in [0, 0.1) is 18.6 Å². The highest BCUT2D eigenvalue weighted by Gasteiger charge is 2.27. The van der Waals surface area contributed by atoms with Gasteiger partial charge in [-0.2, -0.15) is 0 Å². The van der Waals surface area contributed by atoms with Crippen LogP contribution in [-0.2, 0) is 13.2 Å². The monoisotopic (exact) mass is 556 g/mol. The molecule has 0 aliphatic heterocycles. The number of benzene rings is 2. The summed E-state index contributed by atoms with van der Waals surface area (Å²) < 4.78 is 35.3. The number of fused-ring (bicyclic) bond motifs is 1. The number of hydrogen-bond donors (Lipinski definition) is 2. The fourth-order valence-electron chi connectivity index (χ4n) is 4.12. The van der Waals surface area contributed by atoms with Crippen molar-refractivity contribution in [3.05, 3.63) is 93.9 Å². The molecule has 4 aromatic rings. The minimum atomic E-state index is -1.08. The molecule has 0 aliphatic carbocycles. The summed E-state index contributed by atoms with van der Waals surface area (Å²) in [6, 6.07) is 11.9. The van der Waals surface area contributed by atoms with Crippen molar-refractivity contribution in [3.8, 4) is 5.75 Å². The van der Waals surface area contributed by atoms with Crippen LogP contribution < -0.4 is 10.1 Å². The van der Waals surface area contributed by atoms with Gasteiger partial charge in [0, 0.05) is 23.5 Å². The molecule has 204 valence electrons. The first-order valence-electron chi connectivity index (χ1n) is 12.0. The molecule has 2 amide bonds. The Morgan fingerprint density at radius 1 is 1.13 bits per heavy atom. The van der Waals surface area contributed by atoms with Crippen molar-refractivity contribution < 1.29 is 28.2 Å². The van der Waals surface area contributed by atoms with Crippen LogP contribution in [0.25, 0.3) is 5.65 Å². The third-order valence-corrected chi connectivity index (χ3v) is 6.32. The summed E-state index contributed by atoms with van der Waals surface area (Å²) in [6.45, 7) is 6.63. The highest BCUT2D eigenvalue weighted by molar-refractivity contribution is 6.30. The number of imidazole rings is 1. The molecule has 0 bridgehead atoms. The minimum Gasteiger partial charge on any atom is -0.485 e. The Balaban J connectivity index is 1.65. The summed E-state index contributed by atoms with van der Waals surface area (Å²) in [6.07, 6.45) is 0.402. The normalized spacial score (nSPS) is 11.5. The molecular weight excluding hydrogens is 530 g/mol. The van der Waals surface area contributed by atoms with Gasteiger partial charge in [-0.15, -0.1) is 0 Å². The molecule has 0 aliphatic rings. The van der Waals surface area contributed by atoms with Crippen molar-refractivity contribution in [2.75, 3.05) is 5.32 Å². The van der Waals surface area contributed by atoms with Gasteiger partial charge in [0.25, 0.3) is 5.91 Å². The lowest BCUT2D eigenvalue weighted by Crippen LogP contribution is -2.44. The molecule has 2 aromatic carbocycles. The Hall–Kier alpha value is -4.18. The number of aryl methyl sites for hydroxylation is 1. The largest absolute Gasteiger partial charge is 0.485 e. The number of carboxylic acid groups (broad SMARTS) is 1. The van der Waals surface area contributed by atoms with E-state index in [1.165, 1.54) is 27.6 Å². The third-order valence-electron chi connectivity index (χ3n) is 6.11. The SMILES string of the molecule is Cc1nc2c(OCc3c(F)cccc3F)cc(Cl)cn2c1C(=O)Nc1ccccc1CN(C(=O)O)C(C)(C)C. The van der Waals surface area contributed by atoms with Gasteiger partial charge >= 0.3 is 6.09 Å². The number of halogens is 3. The summed E-state index contributed by atoms with van der Waals surface area (Å²) in [7, 11) is 0. The first kappa shape index (κ1) is 27.8. The van der Waals surface area contributed by atoms with Crippen LogP contribution >= 0.6 is 11.6 Å². The summed E-state index contributed by atoms with van der Waals surface area (Å²) in [5.41, 5.74) is 0.867. The average molecular weight is 557 g/mol. The van der Waals surface area contributed by atoms with Gasteiger partial charge in [0.15, 0.2) is 11.4 Å². The zero-order valence-corrected chi connectivity index (χ0v) is 22.5. The predicted octanol–water partition coefficient (Wildman–Crippen LogP) is 6.68. The predicted molar refractivity (Wildman–Crippen MR) is 143 cm³/mol. The maximum absolute atomic E-state index is 14.1. The molecule has 2 aromatic heterocycles. The van der Waals surface area contributed by atoms with Crippen molar-refractivity contribution >= 4 is 34.9 Å². The molecule has 0 fully saturated rings. The van der Waals surface area contributed by atoms with Crippen LogP contribution in [0.3, 0.4) is 0 Å². The lowest BCUT2D eigenvalue weighted by molar-refractivity contribution is 0.0957. The third kappa shape index (κ3) is 5.96. The van der Waals surface area contributed by atoms with Crippen molar-refractivity contribution in [2.24, 2.45) is 0 Å². The van der Waals surface area contributed by atoms with Crippen LogP contribution in [0.1, 0.15) is 48.1 Å². The number of carbonyl (C=O) groups is 2. The van der Waals surface area contributed by atoms with E-state index in [1.54, 1.807) is 52.0 Å². The number of nitrogens with one attached hydrogen (secondary N) is 1. The number of hydrogen-bond acceptors (Lipinski definition) is 4. The molecular formula is C28H27ClF2N4O4. The van der Waals surface area contributed by atoms with Gasteiger partial charge in [0.1, 0.15) is 23.9 Å². The molecule has 0 radical (unpaired) electrons. The zero-order valence-electron chi connectivity index (χ0n) is 21.8. The molecule has 2 heterocycles. The maximum atomic E-state index is 14.1. The summed E-state index contributed by atoms with van der Waals surface area (Å²) >= 11 is 6.30. The minimum absolute atomic E-state index is 0.0534. The molecule has 0 saturated carbocycles. The molecule has 0 atom stereocenters. The Morgan fingerprint density at radius 2 is 1.79 bits per heavy atom. The van der Waals surface area contributed by atoms with Gasteiger partial charge in [0.2, 0.25) is 0 Å². The number of aromatic nitrogens is 2. The summed E-state index contributed by atoms with van der Waals surface area (Å²) in [5, 5.41) is 12.8. The van der Waals surface area contributed by atoms with Crippen LogP contribution in [0.4, 0.5) is 19.3 Å². The molecule has 0 unspecified atom stereocenters. The Labute approximate surface area is 228 Å². The van der Waals surface area contributed by atoms with Crippen LogP contribution in [0.15, 0.2) is 54.7 Å². The maximum Gasteiger partial charge on any atom is 0.408 e. The quantitative estimate of drug-likeness (QED) is 0.264. The smallest absolute Gasteiger partial charge is 0.408 e. The van der Waals surface area contributed by atoms with Crippen molar-refractivity contribution in [1.29, 1.82) is 0 Å². The molecule has 0 spiro atoms. The van der Waals surface area contributed by atoms with E-state index < -0.39 is 35.8 Å². The number of nitrogens with zero attached hydrogens (tertiary/aromatic N) is 3. The van der Waals surface area contributed by atoms with Gasteiger partial charge in [-0.25, -0.2) is 18.6 Å². The second kappa shape index (κ2) is 10.9. The van der Waals surface area contributed by atoms with Gasteiger partial charge in [-0.05, 0) is 51.5 Å². The number of rotatable bonds is 7. The highest BCUT2D eigenvalue weighted by atomic mass is 35.5. The Morgan fingerprint density at radius 3 is 2.44 bits per heavy atom. The molecule has 39 heavy (non-hydrogen) atoms. The van der Waals surface area contributed by atoms with Crippen LogP contribution in [0.2, 0.25) is 5.02 Å². The number of ether oxygens (including phenoxy) is 1. The topological polar surface area (TPSA) is 96.2 Å². The number of carbonyl (C=O) groups excluding carboxylic acids is 1. The molecule has 11 heteroatoms. The second-order valence-electron chi connectivity index (χ2n) is 9.90. The van der Waals surface area contributed by atoms with E-state index in [9.17, 15) is 23.5 Å². The van der Waals surface area contributed by atoms with E-state index in [0.717, 1.165) is 12.1 Å². The first-order valence-corrected chi connectivity index (χ1v) is 12.4. The van der Waals surface area contributed by atoms with Crippen molar-refractivity contribution in [1.82, 2.24) is 14.3 Å². The lowest BCUT2D eigenvalue weighted by atomic mass is 10.0. The Kier molecular flexibility index (Phi) is 7.78. The van der Waals surface area contributed by atoms with E-state index in [0.29, 0.717) is 16.9 Å². The summed E-state index contributed by atoms with van der Waals surface area (Å²) in [4.78, 5) is 31.1. The molecule has 0 saturated heterocycles. The number of amides is 2. The fourth-order valence-corrected chi connectivity index (χ4v) is 4.32. The van der Waals surface area contributed by atoms with E-state index in [-0.39, 0.29) is 34.2 Å².